The maximum absolute atomic E-state index is 14.4. The fourth-order valence-corrected chi connectivity index (χ4v) is 5.20. The first kappa shape index (κ1) is 28.7. The third kappa shape index (κ3) is 6.92. The normalized spacial score (nSPS) is 13.3. The largest absolute Gasteiger partial charge is 0.325 e. The van der Waals surface area contributed by atoms with Gasteiger partial charge in [0.05, 0.1) is 0 Å². The highest BCUT2D eigenvalue weighted by Gasteiger charge is 2.33. The van der Waals surface area contributed by atoms with E-state index in [0.717, 1.165) is 34.4 Å². The first-order valence-electron chi connectivity index (χ1n) is 12.5. The molecule has 0 saturated heterocycles. The van der Waals surface area contributed by atoms with Crippen molar-refractivity contribution in [3.05, 3.63) is 88.2 Å². The van der Waals surface area contributed by atoms with Gasteiger partial charge in [-0.15, -0.1) is 0 Å². The van der Waals surface area contributed by atoms with Crippen molar-refractivity contribution in [2.45, 2.75) is 58.2 Å². The van der Waals surface area contributed by atoms with Crippen LogP contribution in [0.4, 0.5) is 10.1 Å². The quantitative estimate of drug-likeness (QED) is 0.295. The van der Waals surface area contributed by atoms with Crippen LogP contribution in [0.5, 0.6) is 0 Å². The molecule has 7 heteroatoms. The number of hydrogen-bond donors (Lipinski definition) is 2. The van der Waals surface area contributed by atoms with E-state index in [9.17, 15) is 17.9 Å². The third-order valence-electron chi connectivity index (χ3n) is 6.42. The summed E-state index contributed by atoms with van der Waals surface area (Å²) in [7, 11) is 3.96. The Bertz CT molecular complexity index is 1260. The lowest BCUT2D eigenvalue weighted by molar-refractivity contribution is -0.116. The molecule has 2 N–H and O–H groups in total. The van der Waals surface area contributed by atoms with Crippen LogP contribution in [-0.2, 0) is 22.4 Å². The zero-order chi connectivity index (χ0) is 27.4. The second-order valence-electron chi connectivity index (χ2n) is 10.4. The minimum atomic E-state index is -2.46. The molecular formula is C30H37FN2O3S. The van der Waals surface area contributed by atoms with E-state index in [1.165, 1.54) is 6.07 Å². The molecule has 0 aliphatic carbocycles. The maximum atomic E-state index is 14.4. The van der Waals surface area contributed by atoms with Crippen LogP contribution in [-0.4, -0.2) is 33.7 Å². The predicted octanol–water partition coefficient (Wildman–Crippen LogP) is 7.01. The van der Waals surface area contributed by atoms with Gasteiger partial charge >= 0.3 is 0 Å². The van der Waals surface area contributed by atoms with E-state index < -0.39 is 22.2 Å². The van der Waals surface area contributed by atoms with E-state index >= 15 is 0 Å². The number of aryl methyl sites for hydroxylation is 1. The first-order valence-corrected chi connectivity index (χ1v) is 13.6. The van der Waals surface area contributed by atoms with Gasteiger partial charge in [0.15, 0.2) is 16.3 Å². The van der Waals surface area contributed by atoms with Gasteiger partial charge in [-0.3, -0.25) is 4.79 Å². The standard InChI is InChI=1S/C30H37FN2O3S/c1-18(2)25-14-23(22-11-8-20(5)27(31)16-22)15-26(19(3)4)28(25)29(37(35)36)30(34)32-24-12-9-21(10-13-24)17-33(6)7/h8-16,18-19,29H,17H2,1-7H3,(H,32,34)(H,35,36). The molecular weight excluding hydrogens is 487 g/mol. The smallest absolute Gasteiger partial charge is 0.247 e. The van der Waals surface area contributed by atoms with E-state index in [0.29, 0.717) is 16.8 Å². The number of amides is 1. The summed E-state index contributed by atoms with van der Waals surface area (Å²) in [5, 5.41) is 1.56. The number of nitrogens with one attached hydrogen (secondary N) is 1. The molecule has 2 unspecified atom stereocenters. The molecule has 0 saturated carbocycles. The van der Waals surface area contributed by atoms with Crippen molar-refractivity contribution in [2.75, 3.05) is 19.4 Å². The van der Waals surface area contributed by atoms with Crippen molar-refractivity contribution in [3.8, 4) is 11.1 Å². The van der Waals surface area contributed by atoms with Crippen molar-refractivity contribution >= 4 is 22.7 Å². The minimum absolute atomic E-state index is 0.0353. The highest BCUT2D eigenvalue weighted by Crippen LogP contribution is 2.39. The van der Waals surface area contributed by atoms with E-state index in [4.69, 9.17) is 0 Å². The van der Waals surface area contributed by atoms with Crippen LogP contribution in [0.1, 0.15) is 72.6 Å². The van der Waals surface area contributed by atoms with E-state index in [2.05, 4.69) is 5.32 Å². The zero-order valence-electron chi connectivity index (χ0n) is 22.6. The lowest BCUT2D eigenvalue weighted by atomic mass is 9.83. The molecule has 198 valence electrons. The van der Waals surface area contributed by atoms with Crippen LogP contribution in [0.3, 0.4) is 0 Å². The summed E-state index contributed by atoms with van der Waals surface area (Å²) < 4.78 is 37.4. The van der Waals surface area contributed by atoms with E-state index in [-0.39, 0.29) is 17.7 Å². The van der Waals surface area contributed by atoms with Crippen LogP contribution in [0.25, 0.3) is 11.1 Å². The Hall–Kier alpha value is -2.87. The molecule has 5 nitrogen and oxygen atoms in total. The van der Waals surface area contributed by atoms with Gasteiger partial charge in [-0.1, -0.05) is 64.1 Å². The van der Waals surface area contributed by atoms with Crippen LogP contribution >= 0.6 is 0 Å². The molecule has 0 fully saturated rings. The molecule has 0 spiro atoms. The number of halogens is 1. The Kier molecular flexibility index (Phi) is 9.40. The molecule has 0 aliphatic heterocycles. The Balaban J connectivity index is 2.09. The molecule has 3 rings (SSSR count). The van der Waals surface area contributed by atoms with Crippen LogP contribution in [0, 0.1) is 12.7 Å². The molecule has 0 heterocycles. The van der Waals surface area contributed by atoms with E-state index in [1.807, 2.05) is 77.0 Å². The number of carbonyl (C=O) groups excluding carboxylic acids is 1. The maximum Gasteiger partial charge on any atom is 0.247 e. The van der Waals surface area contributed by atoms with Crippen LogP contribution in [0.2, 0.25) is 0 Å². The lowest BCUT2D eigenvalue weighted by Gasteiger charge is -2.26. The Morgan fingerprint density at radius 3 is 1.97 bits per heavy atom. The van der Waals surface area contributed by atoms with Crippen molar-refractivity contribution in [1.29, 1.82) is 0 Å². The molecule has 3 aromatic carbocycles. The average Bonchev–Trinajstić information content (AvgIpc) is 2.81. The molecule has 0 radical (unpaired) electrons. The summed E-state index contributed by atoms with van der Waals surface area (Å²) in [5.41, 5.74) is 5.91. The second-order valence-corrected chi connectivity index (χ2v) is 11.4. The predicted molar refractivity (Wildman–Crippen MR) is 151 cm³/mol. The van der Waals surface area contributed by atoms with Gasteiger partial charge in [-0.05, 0) is 90.0 Å². The van der Waals surface area contributed by atoms with E-state index in [1.54, 1.807) is 25.1 Å². The Morgan fingerprint density at radius 2 is 1.51 bits per heavy atom. The fourth-order valence-electron chi connectivity index (χ4n) is 4.49. The van der Waals surface area contributed by atoms with Crippen molar-refractivity contribution in [2.24, 2.45) is 0 Å². The number of nitrogens with zero attached hydrogens (tertiary/aromatic N) is 1. The van der Waals surface area contributed by atoms with Crippen LogP contribution < -0.4 is 5.32 Å². The molecule has 0 bridgehead atoms. The minimum Gasteiger partial charge on any atom is -0.325 e. The summed E-state index contributed by atoms with van der Waals surface area (Å²) in [6.45, 7) is 10.4. The third-order valence-corrected chi connectivity index (χ3v) is 7.27. The second kappa shape index (κ2) is 12.1. The van der Waals surface area contributed by atoms with Gasteiger partial charge < -0.3 is 14.8 Å². The SMILES string of the molecule is Cc1ccc(-c2cc(C(C)C)c(C(C(=O)Nc3ccc(CN(C)C)cc3)S(=O)O)c(C(C)C)c2)cc1F. The highest BCUT2D eigenvalue weighted by molar-refractivity contribution is 7.80. The Labute approximate surface area is 222 Å². The number of rotatable bonds is 9. The summed E-state index contributed by atoms with van der Waals surface area (Å²) in [5.74, 6) is -0.901. The van der Waals surface area contributed by atoms with Gasteiger partial charge in [0, 0.05) is 12.2 Å². The summed E-state index contributed by atoms with van der Waals surface area (Å²) in [6, 6.07) is 16.4. The number of carbonyl (C=O) groups is 1. The highest BCUT2D eigenvalue weighted by atomic mass is 32.2. The van der Waals surface area contributed by atoms with Gasteiger partial charge in [0.25, 0.3) is 0 Å². The molecule has 3 aromatic rings. The van der Waals surface area contributed by atoms with Crippen LogP contribution in [0.15, 0.2) is 54.6 Å². The van der Waals surface area contributed by atoms with Crippen molar-refractivity contribution < 1.29 is 17.9 Å². The number of benzene rings is 3. The van der Waals surface area contributed by atoms with Crippen molar-refractivity contribution in [1.82, 2.24) is 4.90 Å². The fraction of sp³-hybridized carbons (Fsp3) is 0.367. The molecule has 0 aromatic heterocycles. The number of anilines is 1. The molecule has 1 amide bonds. The lowest BCUT2D eigenvalue weighted by Crippen LogP contribution is -2.27. The number of hydrogen-bond acceptors (Lipinski definition) is 3. The summed E-state index contributed by atoms with van der Waals surface area (Å²) in [4.78, 5) is 15.5. The van der Waals surface area contributed by atoms with Gasteiger partial charge in [-0.2, -0.15) is 0 Å². The topological polar surface area (TPSA) is 69.6 Å². The molecule has 0 aliphatic rings. The average molecular weight is 525 g/mol. The summed E-state index contributed by atoms with van der Waals surface area (Å²) >= 11 is -2.46. The zero-order valence-corrected chi connectivity index (χ0v) is 23.4. The van der Waals surface area contributed by atoms with Crippen molar-refractivity contribution in [3.63, 3.8) is 0 Å². The monoisotopic (exact) mass is 524 g/mol. The summed E-state index contributed by atoms with van der Waals surface area (Å²) in [6.07, 6.45) is 0. The van der Waals surface area contributed by atoms with Gasteiger partial charge in [0.2, 0.25) is 5.91 Å². The van der Waals surface area contributed by atoms with Gasteiger partial charge in [0.1, 0.15) is 5.82 Å². The molecule has 37 heavy (non-hydrogen) atoms. The first-order chi connectivity index (χ1) is 17.4. The Morgan fingerprint density at radius 1 is 0.946 bits per heavy atom. The van der Waals surface area contributed by atoms with Gasteiger partial charge in [-0.25, -0.2) is 8.60 Å². The molecule has 2 atom stereocenters.